The number of rotatable bonds is 7. The van der Waals surface area contributed by atoms with E-state index in [1.807, 2.05) is 24.3 Å². The molecule has 0 spiro atoms. The lowest BCUT2D eigenvalue weighted by molar-refractivity contribution is 0.290. The van der Waals surface area contributed by atoms with Gasteiger partial charge in [-0.15, -0.1) is 0 Å². The van der Waals surface area contributed by atoms with Crippen molar-refractivity contribution in [3.05, 3.63) is 24.3 Å². The van der Waals surface area contributed by atoms with Gasteiger partial charge in [0.2, 0.25) is 0 Å². The molecule has 0 saturated carbocycles. The fourth-order valence-corrected chi connectivity index (χ4v) is 2.37. The van der Waals surface area contributed by atoms with Crippen molar-refractivity contribution in [1.29, 1.82) is 0 Å². The van der Waals surface area contributed by atoms with Crippen molar-refractivity contribution in [3.8, 4) is 5.75 Å². The van der Waals surface area contributed by atoms with Crippen LogP contribution in [-0.2, 0) is 0 Å². The molecule has 1 aliphatic heterocycles. The fourth-order valence-electron chi connectivity index (χ4n) is 2.37. The first-order valence-electron chi connectivity index (χ1n) is 7.05. The van der Waals surface area contributed by atoms with E-state index in [-0.39, 0.29) is 0 Å². The zero-order valence-electron chi connectivity index (χ0n) is 11.1. The highest BCUT2D eigenvalue weighted by molar-refractivity contribution is 5.41. The lowest BCUT2D eigenvalue weighted by atomic mass is 10.2. The van der Waals surface area contributed by atoms with Gasteiger partial charge in [-0.2, -0.15) is 0 Å². The van der Waals surface area contributed by atoms with E-state index < -0.39 is 0 Å². The molecule has 1 aromatic carbocycles. The molecule has 1 heterocycles. The van der Waals surface area contributed by atoms with Crippen LogP contribution in [0.15, 0.2) is 24.3 Å². The topological polar surface area (TPSA) is 38.5 Å². The minimum absolute atomic E-state index is 0.785. The van der Waals surface area contributed by atoms with Crippen LogP contribution in [0.25, 0.3) is 0 Å². The maximum Gasteiger partial charge on any atom is 0.119 e. The SMILES string of the molecule is Nc1ccc(OCCCCCN2CCCC2)cc1. The van der Waals surface area contributed by atoms with E-state index in [0.29, 0.717) is 0 Å². The number of nitrogens with two attached hydrogens (primary N) is 1. The standard InChI is InChI=1S/C15H24N2O/c16-14-6-8-15(9-7-14)18-13-5-1-2-10-17-11-3-4-12-17/h6-9H,1-5,10-13,16H2. The zero-order chi connectivity index (χ0) is 12.6. The molecule has 1 fully saturated rings. The molecule has 0 aliphatic carbocycles. The van der Waals surface area contributed by atoms with Crippen LogP contribution in [0.2, 0.25) is 0 Å². The summed E-state index contributed by atoms with van der Waals surface area (Å²) in [6.07, 6.45) is 6.47. The van der Waals surface area contributed by atoms with Crippen LogP contribution in [0.4, 0.5) is 5.69 Å². The van der Waals surface area contributed by atoms with Crippen LogP contribution < -0.4 is 10.5 Å². The van der Waals surface area contributed by atoms with Crippen LogP contribution in [0.5, 0.6) is 5.75 Å². The Balaban J connectivity index is 1.49. The summed E-state index contributed by atoms with van der Waals surface area (Å²) in [5.74, 6) is 0.920. The first kappa shape index (κ1) is 13.2. The molecule has 1 aromatic rings. The van der Waals surface area contributed by atoms with E-state index in [4.69, 9.17) is 10.5 Å². The molecule has 3 nitrogen and oxygen atoms in total. The Morgan fingerprint density at radius 3 is 2.44 bits per heavy atom. The third-order valence-corrected chi connectivity index (χ3v) is 3.47. The lowest BCUT2D eigenvalue weighted by Crippen LogP contribution is -2.20. The second-order valence-corrected chi connectivity index (χ2v) is 5.03. The number of anilines is 1. The molecule has 1 saturated heterocycles. The third kappa shape index (κ3) is 4.57. The Labute approximate surface area is 110 Å². The molecule has 1 aliphatic rings. The second-order valence-electron chi connectivity index (χ2n) is 5.03. The molecule has 100 valence electrons. The van der Waals surface area contributed by atoms with Crippen LogP contribution in [-0.4, -0.2) is 31.1 Å². The van der Waals surface area contributed by atoms with E-state index in [9.17, 15) is 0 Å². The number of hydrogen-bond acceptors (Lipinski definition) is 3. The highest BCUT2D eigenvalue weighted by atomic mass is 16.5. The third-order valence-electron chi connectivity index (χ3n) is 3.47. The Hall–Kier alpha value is -1.22. The van der Waals surface area contributed by atoms with Crippen molar-refractivity contribution in [3.63, 3.8) is 0 Å². The van der Waals surface area contributed by atoms with E-state index in [1.165, 1.54) is 45.3 Å². The maximum atomic E-state index is 5.66. The molecule has 2 N–H and O–H groups in total. The average molecular weight is 248 g/mol. The van der Waals surface area contributed by atoms with E-state index >= 15 is 0 Å². The van der Waals surface area contributed by atoms with Crippen LogP contribution in [0, 0.1) is 0 Å². The number of nitrogens with zero attached hydrogens (tertiary/aromatic N) is 1. The molecule has 0 bridgehead atoms. The van der Waals surface area contributed by atoms with Crippen molar-refractivity contribution < 1.29 is 4.74 Å². The van der Waals surface area contributed by atoms with Gasteiger partial charge in [0.05, 0.1) is 6.61 Å². The Bertz CT molecular complexity index is 331. The van der Waals surface area contributed by atoms with Crippen LogP contribution in [0.1, 0.15) is 32.1 Å². The van der Waals surface area contributed by atoms with Crippen molar-refractivity contribution in [2.45, 2.75) is 32.1 Å². The van der Waals surface area contributed by atoms with Crippen molar-refractivity contribution in [1.82, 2.24) is 4.90 Å². The molecule has 0 aromatic heterocycles. The molecule has 0 amide bonds. The Morgan fingerprint density at radius 1 is 1.00 bits per heavy atom. The molecule has 0 unspecified atom stereocenters. The first-order chi connectivity index (χ1) is 8.84. The van der Waals surface area contributed by atoms with E-state index in [1.54, 1.807) is 0 Å². The molecule has 2 rings (SSSR count). The van der Waals surface area contributed by atoms with Gasteiger partial charge < -0.3 is 15.4 Å². The minimum atomic E-state index is 0.785. The largest absolute Gasteiger partial charge is 0.494 e. The number of hydrogen-bond donors (Lipinski definition) is 1. The molecule has 18 heavy (non-hydrogen) atoms. The van der Waals surface area contributed by atoms with E-state index in [2.05, 4.69) is 4.90 Å². The van der Waals surface area contributed by atoms with Gasteiger partial charge in [-0.05, 0) is 76.0 Å². The molecule has 0 atom stereocenters. The average Bonchev–Trinajstić information content (AvgIpc) is 2.89. The number of likely N-dealkylation sites (tertiary alicyclic amines) is 1. The highest BCUT2D eigenvalue weighted by Crippen LogP contribution is 2.14. The molecule has 0 radical (unpaired) electrons. The summed E-state index contributed by atoms with van der Waals surface area (Å²) < 4.78 is 5.66. The Kier molecular flexibility index (Phi) is 5.34. The predicted octanol–water partition coefficient (Wildman–Crippen LogP) is 2.91. The van der Waals surface area contributed by atoms with Gasteiger partial charge in [-0.25, -0.2) is 0 Å². The van der Waals surface area contributed by atoms with E-state index in [0.717, 1.165) is 24.5 Å². The van der Waals surface area contributed by atoms with Crippen LogP contribution >= 0.6 is 0 Å². The zero-order valence-corrected chi connectivity index (χ0v) is 11.1. The molecular weight excluding hydrogens is 224 g/mol. The highest BCUT2D eigenvalue weighted by Gasteiger charge is 2.09. The smallest absolute Gasteiger partial charge is 0.119 e. The van der Waals surface area contributed by atoms with Crippen molar-refractivity contribution >= 4 is 5.69 Å². The first-order valence-corrected chi connectivity index (χ1v) is 7.05. The fraction of sp³-hybridized carbons (Fsp3) is 0.600. The summed E-state index contributed by atoms with van der Waals surface area (Å²) in [5, 5.41) is 0. The summed E-state index contributed by atoms with van der Waals surface area (Å²) in [7, 11) is 0. The summed E-state index contributed by atoms with van der Waals surface area (Å²) >= 11 is 0. The van der Waals surface area contributed by atoms with Crippen molar-refractivity contribution in [2.24, 2.45) is 0 Å². The number of benzene rings is 1. The summed E-state index contributed by atoms with van der Waals surface area (Å²) in [6, 6.07) is 7.62. The van der Waals surface area contributed by atoms with Gasteiger partial charge >= 0.3 is 0 Å². The quantitative estimate of drug-likeness (QED) is 0.595. The summed E-state index contributed by atoms with van der Waals surface area (Å²) in [6.45, 7) is 4.69. The maximum absolute atomic E-state index is 5.66. The monoisotopic (exact) mass is 248 g/mol. The summed E-state index contributed by atoms with van der Waals surface area (Å²) in [4.78, 5) is 2.57. The van der Waals surface area contributed by atoms with Gasteiger partial charge in [0.25, 0.3) is 0 Å². The number of ether oxygens (including phenoxy) is 1. The predicted molar refractivity (Wildman–Crippen MR) is 75.9 cm³/mol. The van der Waals surface area contributed by atoms with Gasteiger partial charge in [0.1, 0.15) is 5.75 Å². The van der Waals surface area contributed by atoms with Gasteiger partial charge in [0, 0.05) is 5.69 Å². The minimum Gasteiger partial charge on any atom is -0.494 e. The van der Waals surface area contributed by atoms with Gasteiger partial charge in [-0.1, -0.05) is 0 Å². The summed E-state index contributed by atoms with van der Waals surface area (Å²) in [5.41, 5.74) is 6.41. The van der Waals surface area contributed by atoms with Gasteiger partial charge in [0.15, 0.2) is 0 Å². The molecule has 3 heteroatoms. The molecular formula is C15H24N2O. The normalized spacial score (nSPS) is 16.0. The Morgan fingerprint density at radius 2 is 1.72 bits per heavy atom. The lowest BCUT2D eigenvalue weighted by Gasteiger charge is -2.13. The van der Waals surface area contributed by atoms with Crippen LogP contribution in [0.3, 0.4) is 0 Å². The number of unbranched alkanes of at least 4 members (excludes halogenated alkanes) is 2. The number of nitrogen functional groups attached to an aromatic ring is 1. The van der Waals surface area contributed by atoms with Gasteiger partial charge in [-0.3, -0.25) is 0 Å². The second kappa shape index (κ2) is 7.27. The van der Waals surface area contributed by atoms with Crippen molar-refractivity contribution in [2.75, 3.05) is 32.0 Å².